The first kappa shape index (κ1) is 19.1. The number of amides is 3. The lowest BCUT2D eigenvalue weighted by Crippen LogP contribution is -2.64. The van der Waals surface area contributed by atoms with E-state index in [0.717, 1.165) is 25.8 Å². The number of nitrogens with one attached hydrogen (secondary N) is 2. The lowest BCUT2D eigenvalue weighted by atomic mass is 9.80. The molecule has 3 rings (SSSR count). The molecule has 0 radical (unpaired) electrons. The highest BCUT2D eigenvalue weighted by Gasteiger charge is 2.51. The molecule has 0 aromatic rings. The van der Waals surface area contributed by atoms with Crippen molar-refractivity contribution < 1.29 is 14.4 Å². The molecule has 0 aromatic carbocycles. The first-order valence-electron chi connectivity index (χ1n) is 9.94. The minimum Gasteiger partial charge on any atom is -0.352 e. The standard InChI is InChI=1S/C19H32N4O3/c1-14(24)21-19-12-22(9-8-16(19)10-23(13-19)15(2)25)11-18(26)20-17-6-4-3-5-7-17/h16-17H,3-13H2,1-2H3,(H,20,26)(H,21,24)/t16-,19-/m1/s1. The summed E-state index contributed by atoms with van der Waals surface area (Å²) < 4.78 is 0. The first-order chi connectivity index (χ1) is 12.4. The summed E-state index contributed by atoms with van der Waals surface area (Å²) in [4.78, 5) is 40.1. The van der Waals surface area contributed by atoms with Crippen LogP contribution in [-0.4, -0.2) is 71.8 Å². The van der Waals surface area contributed by atoms with E-state index in [1.165, 1.54) is 26.2 Å². The highest BCUT2D eigenvalue weighted by atomic mass is 16.2. The van der Waals surface area contributed by atoms with Crippen LogP contribution in [0.2, 0.25) is 0 Å². The predicted molar refractivity (Wildman–Crippen MR) is 98.4 cm³/mol. The third kappa shape index (κ3) is 4.37. The number of piperidine rings is 1. The lowest BCUT2D eigenvalue weighted by Gasteiger charge is -2.44. The summed E-state index contributed by atoms with van der Waals surface area (Å²) in [6.45, 7) is 6.15. The molecule has 2 heterocycles. The largest absolute Gasteiger partial charge is 0.352 e. The van der Waals surface area contributed by atoms with Gasteiger partial charge in [0.15, 0.2) is 0 Å². The number of likely N-dealkylation sites (tertiary alicyclic amines) is 2. The first-order valence-corrected chi connectivity index (χ1v) is 9.94. The maximum atomic E-state index is 12.5. The van der Waals surface area contributed by atoms with Gasteiger partial charge in [0.25, 0.3) is 0 Å². The van der Waals surface area contributed by atoms with Crippen LogP contribution < -0.4 is 10.6 Å². The van der Waals surface area contributed by atoms with Crippen molar-refractivity contribution >= 4 is 17.7 Å². The minimum atomic E-state index is -0.430. The maximum absolute atomic E-state index is 12.5. The second kappa shape index (κ2) is 7.94. The summed E-state index contributed by atoms with van der Waals surface area (Å²) >= 11 is 0. The third-order valence-electron chi connectivity index (χ3n) is 6.20. The van der Waals surface area contributed by atoms with Gasteiger partial charge in [0.1, 0.15) is 0 Å². The number of fused-ring (bicyclic) bond motifs is 1. The zero-order chi connectivity index (χ0) is 18.7. The average Bonchev–Trinajstić information content (AvgIpc) is 2.93. The van der Waals surface area contributed by atoms with Crippen molar-refractivity contribution in [2.24, 2.45) is 5.92 Å². The lowest BCUT2D eigenvalue weighted by molar-refractivity contribution is -0.129. The molecule has 7 nitrogen and oxygen atoms in total. The van der Waals surface area contributed by atoms with Crippen LogP contribution in [0.25, 0.3) is 0 Å². The Morgan fingerprint density at radius 1 is 1.04 bits per heavy atom. The number of carbonyl (C=O) groups excluding carboxylic acids is 3. The Morgan fingerprint density at radius 3 is 2.42 bits per heavy atom. The van der Waals surface area contributed by atoms with E-state index < -0.39 is 5.54 Å². The van der Waals surface area contributed by atoms with E-state index in [1.807, 2.05) is 4.90 Å². The topological polar surface area (TPSA) is 81.8 Å². The van der Waals surface area contributed by atoms with Crippen molar-refractivity contribution in [3.63, 3.8) is 0 Å². The van der Waals surface area contributed by atoms with Crippen molar-refractivity contribution in [1.29, 1.82) is 0 Å². The number of carbonyl (C=O) groups is 3. The van der Waals surface area contributed by atoms with E-state index in [0.29, 0.717) is 32.2 Å². The number of rotatable bonds is 4. The van der Waals surface area contributed by atoms with Gasteiger partial charge in [-0.3, -0.25) is 19.3 Å². The Bertz CT molecular complexity index is 561. The number of hydrogen-bond donors (Lipinski definition) is 2. The van der Waals surface area contributed by atoms with Crippen LogP contribution in [0.5, 0.6) is 0 Å². The highest BCUT2D eigenvalue weighted by Crippen LogP contribution is 2.35. The molecule has 3 fully saturated rings. The van der Waals surface area contributed by atoms with Gasteiger partial charge in [-0.2, -0.15) is 0 Å². The molecule has 1 aliphatic carbocycles. The Balaban J connectivity index is 1.61. The van der Waals surface area contributed by atoms with Crippen LogP contribution in [-0.2, 0) is 14.4 Å². The third-order valence-corrected chi connectivity index (χ3v) is 6.20. The second-order valence-corrected chi connectivity index (χ2v) is 8.34. The van der Waals surface area contributed by atoms with E-state index in [2.05, 4.69) is 15.5 Å². The van der Waals surface area contributed by atoms with E-state index in [4.69, 9.17) is 0 Å². The Labute approximate surface area is 155 Å². The second-order valence-electron chi connectivity index (χ2n) is 8.34. The molecule has 146 valence electrons. The van der Waals surface area contributed by atoms with Crippen molar-refractivity contribution in [1.82, 2.24) is 20.4 Å². The average molecular weight is 364 g/mol. The summed E-state index contributed by atoms with van der Waals surface area (Å²) in [5.74, 6) is 0.308. The van der Waals surface area contributed by atoms with Crippen LogP contribution in [0, 0.1) is 5.92 Å². The Morgan fingerprint density at radius 2 is 1.77 bits per heavy atom. The fourth-order valence-corrected chi connectivity index (χ4v) is 4.97. The molecule has 0 bridgehead atoms. The van der Waals surface area contributed by atoms with Gasteiger partial charge in [-0.1, -0.05) is 19.3 Å². The zero-order valence-corrected chi connectivity index (χ0v) is 16.1. The summed E-state index contributed by atoms with van der Waals surface area (Å²) in [5, 5.41) is 6.29. The van der Waals surface area contributed by atoms with E-state index in [1.54, 1.807) is 6.92 Å². The SMILES string of the molecule is CC(=O)N[C@@]12CN(CC(=O)NC3CCCCC3)CC[C@@H]1CN(C(C)=O)C2. The molecule has 2 atom stereocenters. The molecule has 1 saturated carbocycles. The van der Waals surface area contributed by atoms with Crippen molar-refractivity contribution in [3.8, 4) is 0 Å². The predicted octanol–water partition coefficient (Wildman–Crippen LogP) is 0.494. The van der Waals surface area contributed by atoms with Gasteiger partial charge in [-0.15, -0.1) is 0 Å². The van der Waals surface area contributed by atoms with Crippen LogP contribution in [0.4, 0.5) is 0 Å². The van der Waals surface area contributed by atoms with Gasteiger partial charge >= 0.3 is 0 Å². The van der Waals surface area contributed by atoms with Gasteiger partial charge < -0.3 is 15.5 Å². The zero-order valence-electron chi connectivity index (χ0n) is 16.1. The van der Waals surface area contributed by atoms with E-state index in [9.17, 15) is 14.4 Å². The molecule has 2 aliphatic heterocycles. The molecule has 3 amide bonds. The van der Waals surface area contributed by atoms with Crippen LogP contribution in [0.3, 0.4) is 0 Å². The fourth-order valence-electron chi connectivity index (χ4n) is 4.97. The Kier molecular flexibility index (Phi) is 5.85. The van der Waals surface area contributed by atoms with Crippen molar-refractivity contribution in [2.75, 3.05) is 32.7 Å². The number of nitrogens with zero attached hydrogens (tertiary/aromatic N) is 2. The van der Waals surface area contributed by atoms with Crippen molar-refractivity contribution in [3.05, 3.63) is 0 Å². The summed E-state index contributed by atoms with van der Waals surface area (Å²) in [7, 11) is 0. The van der Waals surface area contributed by atoms with Gasteiger partial charge in [0.05, 0.1) is 12.1 Å². The minimum absolute atomic E-state index is 0.0470. The molecule has 0 spiro atoms. The molecule has 0 aromatic heterocycles. The van der Waals surface area contributed by atoms with Gasteiger partial charge in [-0.05, 0) is 25.8 Å². The molecule has 2 saturated heterocycles. The molecule has 26 heavy (non-hydrogen) atoms. The molecule has 2 N–H and O–H groups in total. The maximum Gasteiger partial charge on any atom is 0.234 e. The highest BCUT2D eigenvalue weighted by molar-refractivity contribution is 5.78. The molecule has 7 heteroatoms. The van der Waals surface area contributed by atoms with E-state index >= 15 is 0 Å². The van der Waals surface area contributed by atoms with Crippen LogP contribution in [0.1, 0.15) is 52.4 Å². The molecular weight excluding hydrogens is 332 g/mol. The quantitative estimate of drug-likeness (QED) is 0.761. The summed E-state index contributed by atoms with van der Waals surface area (Å²) in [5.41, 5.74) is -0.430. The molecule has 0 unspecified atom stereocenters. The van der Waals surface area contributed by atoms with Crippen molar-refractivity contribution in [2.45, 2.75) is 64.0 Å². The summed E-state index contributed by atoms with van der Waals surface area (Å²) in [6.07, 6.45) is 6.71. The molecule has 3 aliphatic rings. The molecular formula is C19H32N4O3. The van der Waals surface area contributed by atoms with E-state index in [-0.39, 0.29) is 23.6 Å². The smallest absolute Gasteiger partial charge is 0.234 e. The van der Waals surface area contributed by atoms with Gasteiger partial charge in [-0.25, -0.2) is 0 Å². The normalized spacial score (nSPS) is 29.9. The van der Waals surface area contributed by atoms with Crippen LogP contribution >= 0.6 is 0 Å². The Hall–Kier alpha value is -1.63. The van der Waals surface area contributed by atoms with Crippen LogP contribution in [0.15, 0.2) is 0 Å². The van der Waals surface area contributed by atoms with Gasteiger partial charge in [0, 0.05) is 45.4 Å². The number of hydrogen-bond acceptors (Lipinski definition) is 4. The van der Waals surface area contributed by atoms with Gasteiger partial charge in [0.2, 0.25) is 17.7 Å². The fraction of sp³-hybridized carbons (Fsp3) is 0.842. The monoisotopic (exact) mass is 364 g/mol. The summed E-state index contributed by atoms with van der Waals surface area (Å²) in [6, 6.07) is 0.317.